The summed E-state index contributed by atoms with van der Waals surface area (Å²) < 4.78 is 44.9. The number of halogens is 2. The summed E-state index contributed by atoms with van der Waals surface area (Å²) in [6.07, 6.45) is 0. The van der Waals surface area contributed by atoms with Crippen molar-refractivity contribution in [3.63, 3.8) is 0 Å². The van der Waals surface area contributed by atoms with Crippen LogP contribution in [0.25, 0.3) is 0 Å². The highest BCUT2D eigenvalue weighted by molar-refractivity contribution is 6.02. The molecule has 2 aromatic carbocycles. The predicted molar refractivity (Wildman–Crippen MR) is 101 cm³/mol. The highest BCUT2D eigenvalue weighted by Crippen LogP contribution is 2.35. The number of aryl methyl sites for hydroxylation is 2. The largest absolute Gasteiger partial charge is 0.493 e. The molecule has 0 radical (unpaired) electrons. The van der Waals surface area contributed by atoms with Crippen LogP contribution in [0, 0.1) is 13.8 Å². The topological polar surface area (TPSA) is 83.1 Å². The second kappa shape index (κ2) is 9.72. The summed E-state index contributed by atoms with van der Waals surface area (Å²) in [4.78, 5) is 24.4. The Bertz CT molecular complexity index is 881. The molecule has 0 fully saturated rings. The Hall–Kier alpha value is -3.36. The lowest BCUT2D eigenvalue weighted by Gasteiger charge is -2.16. The van der Waals surface area contributed by atoms with E-state index in [1.807, 2.05) is 32.0 Å². The van der Waals surface area contributed by atoms with Gasteiger partial charge in [-0.25, -0.2) is 4.79 Å². The average molecular weight is 409 g/mol. The van der Waals surface area contributed by atoms with Crippen LogP contribution in [0.4, 0.5) is 14.5 Å². The van der Waals surface area contributed by atoms with Crippen LogP contribution in [0.5, 0.6) is 17.2 Å². The standard InChI is InChI=1S/C20H21F2NO6/c1-11-6-5-7-12(2)18(11)28-10-17(24)23-14-9-16(29-20(21)22)15(26-3)8-13(14)19(25)27-4/h5-9,20H,10H2,1-4H3,(H,23,24). The normalized spacial score (nSPS) is 10.4. The molecule has 0 aliphatic carbocycles. The molecule has 29 heavy (non-hydrogen) atoms. The number of amides is 1. The van der Waals surface area contributed by atoms with Crippen LogP contribution >= 0.6 is 0 Å². The number of hydrogen-bond acceptors (Lipinski definition) is 6. The molecule has 0 aliphatic heterocycles. The number of anilines is 1. The van der Waals surface area contributed by atoms with Crippen molar-refractivity contribution in [3.05, 3.63) is 47.0 Å². The van der Waals surface area contributed by atoms with E-state index in [1.54, 1.807) is 0 Å². The zero-order chi connectivity index (χ0) is 21.6. The maximum Gasteiger partial charge on any atom is 0.387 e. The van der Waals surface area contributed by atoms with Crippen LogP contribution in [0.2, 0.25) is 0 Å². The molecule has 9 heteroatoms. The molecule has 0 unspecified atom stereocenters. The smallest absolute Gasteiger partial charge is 0.387 e. The maximum absolute atomic E-state index is 12.7. The summed E-state index contributed by atoms with van der Waals surface area (Å²) in [6, 6.07) is 7.75. The Morgan fingerprint density at radius 3 is 2.28 bits per heavy atom. The summed E-state index contributed by atoms with van der Waals surface area (Å²) in [7, 11) is 2.37. The Morgan fingerprint density at radius 2 is 1.72 bits per heavy atom. The number of carbonyl (C=O) groups is 2. The van der Waals surface area contributed by atoms with Gasteiger partial charge in [0.05, 0.1) is 25.5 Å². The summed E-state index contributed by atoms with van der Waals surface area (Å²) in [5.74, 6) is -1.30. The molecule has 0 atom stereocenters. The predicted octanol–water partition coefficient (Wildman–Crippen LogP) is 3.72. The monoisotopic (exact) mass is 409 g/mol. The third-order valence-corrected chi connectivity index (χ3v) is 3.96. The zero-order valence-electron chi connectivity index (χ0n) is 16.4. The van der Waals surface area contributed by atoms with Gasteiger partial charge in [-0.2, -0.15) is 8.78 Å². The number of benzene rings is 2. The lowest BCUT2D eigenvalue weighted by Crippen LogP contribution is -2.22. The van der Waals surface area contributed by atoms with Crippen LogP contribution in [0.1, 0.15) is 21.5 Å². The third kappa shape index (κ3) is 5.56. The highest BCUT2D eigenvalue weighted by Gasteiger charge is 2.21. The minimum Gasteiger partial charge on any atom is -0.493 e. The molecule has 0 saturated carbocycles. The molecular weight excluding hydrogens is 388 g/mol. The van der Waals surface area contributed by atoms with Gasteiger partial charge in [0.25, 0.3) is 5.91 Å². The van der Waals surface area contributed by atoms with E-state index in [0.717, 1.165) is 30.4 Å². The van der Waals surface area contributed by atoms with Gasteiger partial charge in [0.15, 0.2) is 18.1 Å². The first-order chi connectivity index (χ1) is 13.8. The number of alkyl halides is 2. The number of para-hydroxylation sites is 1. The second-order valence-corrected chi connectivity index (χ2v) is 5.98. The van der Waals surface area contributed by atoms with E-state index in [9.17, 15) is 18.4 Å². The molecule has 2 aromatic rings. The van der Waals surface area contributed by atoms with Crippen LogP contribution in [0.15, 0.2) is 30.3 Å². The van der Waals surface area contributed by atoms with E-state index >= 15 is 0 Å². The molecule has 0 bridgehead atoms. The molecule has 1 N–H and O–H groups in total. The van der Waals surface area contributed by atoms with Gasteiger partial charge in [0.2, 0.25) is 0 Å². The van der Waals surface area contributed by atoms with Crippen molar-refractivity contribution >= 4 is 17.6 Å². The minimum absolute atomic E-state index is 0.0802. The summed E-state index contributed by atoms with van der Waals surface area (Å²) in [5, 5.41) is 2.45. The van der Waals surface area contributed by atoms with Crippen molar-refractivity contribution in [1.29, 1.82) is 0 Å². The Kier molecular flexibility index (Phi) is 7.35. The van der Waals surface area contributed by atoms with E-state index in [0.29, 0.717) is 5.75 Å². The van der Waals surface area contributed by atoms with Gasteiger partial charge in [0, 0.05) is 12.1 Å². The number of carbonyl (C=O) groups excluding carboxylic acids is 2. The fourth-order valence-electron chi connectivity index (χ4n) is 2.64. The molecule has 7 nitrogen and oxygen atoms in total. The fraction of sp³-hybridized carbons (Fsp3) is 0.300. The molecule has 0 heterocycles. The first-order valence-electron chi connectivity index (χ1n) is 8.50. The van der Waals surface area contributed by atoms with Crippen LogP contribution < -0.4 is 19.5 Å². The third-order valence-electron chi connectivity index (χ3n) is 3.96. The molecule has 2 rings (SSSR count). The summed E-state index contributed by atoms with van der Waals surface area (Å²) in [6.45, 7) is 0.201. The molecule has 0 spiro atoms. The number of hydrogen-bond donors (Lipinski definition) is 1. The highest BCUT2D eigenvalue weighted by atomic mass is 19.3. The summed E-state index contributed by atoms with van der Waals surface area (Å²) >= 11 is 0. The second-order valence-electron chi connectivity index (χ2n) is 5.98. The number of ether oxygens (including phenoxy) is 4. The van der Waals surface area contributed by atoms with Crippen molar-refractivity contribution < 1.29 is 37.3 Å². The zero-order valence-corrected chi connectivity index (χ0v) is 16.4. The molecule has 0 aliphatic rings. The lowest BCUT2D eigenvalue weighted by molar-refractivity contribution is -0.118. The van der Waals surface area contributed by atoms with E-state index in [4.69, 9.17) is 9.47 Å². The van der Waals surface area contributed by atoms with Crippen molar-refractivity contribution in [2.24, 2.45) is 0 Å². The molecule has 0 aromatic heterocycles. The number of methoxy groups -OCH3 is 2. The molecule has 0 saturated heterocycles. The average Bonchev–Trinajstić information content (AvgIpc) is 2.66. The van der Waals surface area contributed by atoms with Crippen LogP contribution in [-0.4, -0.2) is 39.3 Å². The SMILES string of the molecule is COC(=O)c1cc(OC)c(OC(F)F)cc1NC(=O)COc1c(C)cccc1C. The van der Waals surface area contributed by atoms with Gasteiger partial charge >= 0.3 is 12.6 Å². The Balaban J connectivity index is 2.26. The van der Waals surface area contributed by atoms with Gasteiger partial charge in [-0.1, -0.05) is 18.2 Å². The minimum atomic E-state index is -3.12. The van der Waals surface area contributed by atoms with E-state index in [-0.39, 0.29) is 29.4 Å². The Morgan fingerprint density at radius 1 is 1.07 bits per heavy atom. The van der Waals surface area contributed by atoms with Gasteiger partial charge in [0.1, 0.15) is 5.75 Å². The number of nitrogens with one attached hydrogen (secondary N) is 1. The molecule has 156 valence electrons. The van der Waals surface area contributed by atoms with Crippen molar-refractivity contribution in [3.8, 4) is 17.2 Å². The fourth-order valence-corrected chi connectivity index (χ4v) is 2.64. The number of esters is 1. The lowest BCUT2D eigenvalue weighted by atomic mass is 10.1. The first kappa shape index (κ1) is 21.9. The van der Waals surface area contributed by atoms with E-state index < -0.39 is 18.5 Å². The summed E-state index contributed by atoms with van der Waals surface area (Å²) in [5.41, 5.74) is 1.53. The van der Waals surface area contributed by atoms with Gasteiger partial charge in [-0.3, -0.25) is 4.79 Å². The molecular formula is C20H21F2NO6. The van der Waals surface area contributed by atoms with Crippen molar-refractivity contribution in [2.75, 3.05) is 26.1 Å². The van der Waals surface area contributed by atoms with Gasteiger partial charge < -0.3 is 24.3 Å². The van der Waals surface area contributed by atoms with E-state index in [1.165, 1.54) is 7.11 Å². The van der Waals surface area contributed by atoms with Crippen LogP contribution in [-0.2, 0) is 9.53 Å². The van der Waals surface area contributed by atoms with Gasteiger partial charge in [-0.05, 0) is 25.0 Å². The Labute approximate surface area is 166 Å². The van der Waals surface area contributed by atoms with Crippen LogP contribution in [0.3, 0.4) is 0 Å². The molecule has 1 amide bonds. The van der Waals surface area contributed by atoms with Crippen molar-refractivity contribution in [1.82, 2.24) is 0 Å². The van der Waals surface area contributed by atoms with Crippen molar-refractivity contribution in [2.45, 2.75) is 20.5 Å². The quantitative estimate of drug-likeness (QED) is 0.669. The van der Waals surface area contributed by atoms with E-state index in [2.05, 4.69) is 14.8 Å². The maximum atomic E-state index is 12.7. The first-order valence-corrected chi connectivity index (χ1v) is 8.50. The number of rotatable bonds is 8. The van der Waals surface area contributed by atoms with Gasteiger partial charge in [-0.15, -0.1) is 0 Å².